The molecule has 0 aliphatic carbocycles. The predicted molar refractivity (Wildman–Crippen MR) is 140 cm³/mol. The lowest BCUT2D eigenvalue weighted by atomic mass is 9.95. The van der Waals surface area contributed by atoms with E-state index in [-0.39, 0.29) is 23.5 Å². The fourth-order valence-electron chi connectivity index (χ4n) is 4.42. The minimum absolute atomic E-state index is 0.00902. The summed E-state index contributed by atoms with van der Waals surface area (Å²) in [5.74, 6) is -0.186. The number of rotatable bonds is 10. The molecule has 8 nitrogen and oxygen atoms in total. The van der Waals surface area contributed by atoms with Crippen LogP contribution < -0.4 is 9.47 Å². The maximum absolute atomic E-state index is 13.3. The lowest BCUT2D eigenvalue weighted by Crippen LogP contribution is -2.31. The van der Waals surface area contributed by atoms with Crippen LogP contribution in [0, 0.1) is 0 Å². The van der Waals surface area contributed by atoms with E-state index in [4.69, 9.17) is 9.47 Å². The fourth-order valence-corrected chi connectivity index (χ4v) is 4.42. The highest BCUT2D eigenvalue weighted by Gasteiger charge is 2.45. The third-order valence-electron chi connectivity index (χ3n) is 5.98. The summed E-state index contributed by atoms with van der Waals surface area (Å²) >= 11 is 0. The molecule has 1 amide bonds. The van der Waals surface area contributed by atoms with Gasteiger partial charge in [-0.3, -0.25) is 9.59 Å². The number of aromatic nitrogens is 2. The molecule has 1 aliphatic rings. The minimum Gasteiger partial charge on any atom is -0.507 e. The molecule has 8 heteroatoms. The smallest absolute Gasteiger partial charge is 0.295 e. The number of hydrogen-bond donors (Lipinski definition) is 1. The number of Topliss-reactive ketones (excluding diaryl/α,β-unsaturated/α-hetero) is 1. The number of benzene rings is 2. The first-order valence-corrected chi connectivity index (χ1v) is 12.5. The number of carbonyl (C=O) groups excluding carboxylic acids is 2. The number of amides is 1. The summed E-state index contributed by atoms with van der Waals surface area (Å²) in [4.78, 5) is 32.0. The van der Waals surface area contributed by atoms with E-state index in [1.165, 1.54) is 0 Å². The number of imidazole rings is 1. The highest BCUT2D eigenvalue weighted by molar-refractivity contribution is 6.46. The zero-order valence-corrected chi connectivity index (χ0v) is 21.6. The number of aliphatic hydroxyl groups is 1. The van der Waals surface area contributed by atoms with Gasteiger partial charge in [0.15, 0.2) is 0 Å². The average Bonchev–Trinajstić information content (AvgIpc) is 3.46. The molecule has 1 atom stereocenters. The van der Waals surface area contributed by atoms with Crippen molar-refractivity contribution >= 4 is 17.4 Å². The first-order valence-electron chi connectivity index (χ1n) is 12.5. The molecule has 37 heavy (non-hydrogen) atoms. The predicted octanol–water partition coefficient (Wildman–Crippen LogP) is 4.97. The van der Waals surface area contributed by atoms with Crippen molar-refractivity contribution in [3.05, 3.63) is 84.0 Å². The largest absolute Gasteiger partial charge is 0.507 e. The van der Waals surface area contributed by atoms with Gasteiger partial charge in [-0.1, -0.05) is 12.1 Å². The molecule has 0 bridgehead atoms. The van der Waals surface area contributed by atoms with E-state index in [2.05, 4.69) is 4.98 Å². The van der Waals surface area contributed by atoms with Crippen LogP contribution in [0.25, 0.3) is 5.76 Å². The standard InChI is InChI=1S/C29H33N3O5/c1-19(2)36-23-10-6-21(7-11-23)26-25(27(33)22-8-12-24(13-9-22)37-20(3)4)28(34)29(35)32(26)16-5-15-31-17-14-30-18-31/h6-14,17-20,26,33H,5,15-16H2,1-4H3/t26-/m0/s1. The summed E-state index contributed by atoms with van der Waals surface area (Å²) in [6.07, 6.45) is 5.91. The molecule has 4 rings (SSSR count). The minimum atomic E-state index is -0.720. The van der Waals surface area contributed by atoms with Gasteiger partial charge in [-0.15, -0.1) is 0 Å². The van der Waals surface area contributed by atoms with Crippen molar-refractivity contribution in [2.24, 2.45) is 0 Å². The van der Waals surface area contributed by atoms with Gasteiger partial charge in [0.25, 0.3) is 11.7 Å². The molecule has 2 aromatic carbocycles. The van der Waals surface area contributed by atoms with E-state index in [9.17, 15) is 14.7 Å². The molecular formula is C29H33N3O5. The third kappa shape index (κ3) is 6.02. The molecule has 0 saturated carbocycles. The van der Waals surface area contributed by atoms with Gasteiger partial charge in [0.2, 0.25) is 0 Å². The Balaban J connectivity index is 1.69. The molecule has 2 heterocycles. The van der Waals surface area contributed by atoms with Gasteiger partial charge in [0.05, 0.1) is 30.2 Å². The van der Waals surface area contributed by atoms with Crippen LogP contribution in [-0.4, -0.2) is 50.0 Å². The molecule has 0 radical (unpaired) electrons. The number of nitrogens with zero attached hydrogens (tertiary/aromatic N) is 3. The number of hydrogen-bond acceptors (Lipinski definition) is 6. The van der Waals surface area contributed by atoms with E-state index in [0.29, 0.717) is 36.6 Å². The van der Waals surface area contributed by atoms with E-state index >= 15 is 0 Å². The van der Waals surface area contributed by atoms with Crippen molar-refractivity contribution in [3.63, 3.8) is 0 Å². The Morgan fingerprint density at radius 1 is 0.919 bits per heavy atom. The summed E-state index contributed by atoms with van der Waals surface area (Å²) in [5.41, 5.74) is 1.24. The summed E-state index contributed by atoms with van der Waals surface area (Å²) in [7, 11) is 0. The fraction of sp³-hybridized carbons (Fsp3) is 0.345. The second kappa shape index (κ2) is 11.3. The Morgan fingerprint density at radius 3 is 2.05 bits per heavy atom. The van der Waals surface area contributed by atoms with Crippen LogP contribution in [0.2, 0.25) is 0 Å². The molecule has 0 unspecified atom stereocenters. The maximum Gasteiger partial charge on any atom is 0.295 e. The van der Waals surface area contributed by atoms with Gasteiger partial charge >= 0.3 is 0 Å². The monoisotopic (exact) mass is 503 g/mol. The lowest BCUT2D eigenvalue weighted by molar-refractivity contribution is -0.139. The van der Waals surface area contributed by atoms with Crippen molar-refractivity contribution in [1.82, 2.24) is 14.5 Å². The van der Waals surface area contributed by atoms with E-state index in [0.717, 1.165) is 5.56 Å². The zero-order valence-electron chi connectivity index (χ0n) is 21.6. The Morgan fingerprint density at radius 2 is 1.51 bits per heavy atom. The van der Waals surface area contributed by atoms with Gasteiger partial charge in [0, 0.05) is 31.0 Å². The van der Waals surface area contributed by atoms with Crippen molar-refractivity contribution in [2.45, 2.75) is 58.9 Å². The second-order valence-electron chi connectivity index (χ2n) is 9.57. The first kappa shape index (κ1) is 26.0. The Kier molecular flexibility index (Phi) is 7.96. The maximum atomic E-state index is 13.3. The number of aliphatic hydroxyl groups excluding tert-OH is 1. The van der Waals surface area contributed by atoms with Crippen LogP contribution in [-0.2, 0) is 16.1 Å². The first-order chi connectivity index (χ1) is 17.7. The highest BCUT2D eigenvalue weighted by Crippen LogP contribution is 2.40. The Bertz CT molecular complexity index is 1250. The SMILES string of the molecule is CC(C)Oc1ccc(C(O)=C2C(=O)C(=O)N(CCCn3ccnc3)[C@H]2c2ccc(OC(C)C)cc2)cc1. The van der Waals surface area contributed by atoms with Gasteiger partial charge in [0.1, 0.15) is 17.3 Å². The molecule has 1 aliphatic heterocycles. The molecule has 1 aromatic heterocycles. The molecule has 194 valence electrons. The van der Waals surface area contributed by atoms with Crippen LogP contribution in [0.5, 0.6) is 11.5 Å². The lowest BCUT2D eigenvalue weighted by Gasteiger charge is -2.25. The average molecular weight is 504 g/mol. The number of ketones is 1. The number of likely N-dealkylation sites (tertiary alicyclic amines) is 1. The van der Waals surface area contributed by atoms with Crippen molar-refractivity contribution in [3.8, 4) is 11.5 Å². The molecule has 1 fully saturated rings. The second-order valence-corrected chi connectivity index (χ2v) is 9.57. The topological polar surface area (TPSA) is 93.9 Å². The zero-order chi connectivity index (χ0) is 26.5. The summed E-state index contributed by atoms with van der Waals surface area (Å²) in [6, 6.07) is 13.5. The molecule has 1 N–H and O–H groups in total. The summed E-state index contributed by atoms with van der Waals surface area (Å²) in [5, 5.41) is 11.3. The van der Waals surface area contributed by atoms with Crippen LogP contribution in [0.3, 0.4) is 0 Å². The normalized spacial score (nSPS) is 17.1. The van der Waals surface area contributed by atoms with E-state index in [1.54, 1.807) is 41.7 Å². The molecule has 3 aromatic rings. The van der Waals surface area contributed by atoms with Crippen LogP contribution in [0.1, 0.15) is 51.3 Å². The molecule has 1 saturated heterocycles. The van der Waals surface area contributed by atoms with E-state index < -0.39 is 17.7 Å². The quantitative estimate of drug-likeness (QED) is 0.239. The van der Waals surface area contributed by atoms with Crippen LogP contribution in [0.15, 0.2) is 72.8 Å². The number of ether oxygens (including phenoxy) is 2. The highest BCUT2D eigenvalue weighted by atomic mass is 16.5. The summed E-state index contributed by atoms with van der Waals surface area (Å²) in [6.45, 7) is 8.74. The third-order valence-corrected chi connectivity index (χ3v) is 5.98. The Labute approximate surface area is 217 Å². The number of carbonyl (C=O) groups is 2. The van der Waals surface area contributed by atoms with Crippen LogP contribution >= 0.6 is 0 Å². The molecular weight excluding hydrogens is 470 g/mol. The summed E-state index contributed by atoms with van der Waals surface area (Å²) < 4.78 is 13.4. The van der Waals surface area contributed by atoms with Crippen molar-refractivity contribution in [2.75, 3.05) is 6.54 Å². The Hall–Kier alpha value is -4.07. The molecule has 0 spiro atoms. The van der Waals surface area contributed by atoms with Gasteiger partial charge in [-0.2, -0.15) is 0 Å². The van der Waals surface area contributed by atoms with Crippen LogP contribution in [0.4, 0.5) is 0 Å². The number of aryl methyl sites for hydroxylation is 1. The van der Waals surface area contributed by atoms with Gasteiger partial charge < -0.3 is 24.0 Å². The van der Waals surface area contributed by atoms with Crippen molar-refractivity contribution < 1.29 is 24.2 Å². The van der Waals surface area contributed by atoms with Crippen molar-refractivity contribution in [1.29, 1.82) is 0 Å². The van der Waals surface area contributed by atoms with E-state index in [1.807, 2.05) is 62.7 Å². The van der Waals surface area contributed by atoms with Gasteiger partial charge in [-0.25, -0.2) is 4.98 Å². The van der Waals surface area contributed by atoms with Gasteiger partial charge in [-0.05, 0) is 76.1 Å².